The van der Waals surface area contributed by atoms with Crippen LogP contribution in [0, 0.1) is 12.7 Å². The summed E-state index contributed by atoms with van der Waals surface area (Å²) >= 11 is 0. The smallest absolute Gasteiger partial charge is 0.223 e. The summed E-state index contributed by atoms with van der Waals surface area (Å²) in [6, 6.07) is 5.65. The summed E-state index contributed by atoms with van der Waals surface area (Å²) in [4.78, 5) is 8.26. The molecule has 21 heavy (non-hydrogen) atoms. The van der Waals surface area contributed by atoms with Gasteiger partial charge in [0.25, 0.3) is 0 Å². The Labute approximate surface area is 119 Å². The van der Waals surface area contributed by atoms with Crippen molar-refractivity contribution in [1.82, 2.24) is 19.7 Å². The third-order valence-corrected chi connectivity index (χ3v) is 3.06. The van der Waals surface area contributed by atoms with Crippen molar-refractivity contribution < 1.29 is 14.0 Å². The van der Waals surface area contributed by atoms with E-state index in [1.54, 1.807) is 23.9 Å². The predicted octanol–water partition coefficient (Wildman–Crippen LogP) is 1.84. The van der Waals surface area contributed by atoms with Crippen LogP contribution in [0.2, 0.25) is 0 Å². The van der Waals surface area contributed by atoms with E-state index < -0.39 is 6.10 Å². The molecule has 3 aromatic rings. The largest absolute Gasteiger partial charge is 0.380 e. The second-order valence-electron chi connectivity index (χ2n) is 4.60. The molecule has 0 aliphatic rings. The molecule has 0 saturated carbocycles. The zero-order valence-electron chi connectivity index (χ0n) is 11.3. The number of imidazole rings is 1. The summed E-state index contributed by atoms with van der Waals surface area (Å²) in [5, 5.41) is 14.2. The van der Waals surface area contributed by atoms with Crippen LogP contribution in [0.5, 0.6) is 0 Å². The summed E-state index contributed by atoms with van der Waals surface area (Å²) in [6.45, 7) is 2.05. The van der Waals surface area contributed by atoms with Gasteiger partial charge in [0.05, 0.1) is 6.54 Å². The number of hydrogen-bond donors (Lipinski definition) is 1. The Kier molecular flexibility index (Phi) is 3.49. The van der Waals surface area contributed by atoms with E-state index in [1.165, 1.54) is 24.3 Å². The first kappa shape index (κ1) is 13.4. The Morgan fingerprint density at radius 2 is 2.10 bits per heavy atom. The quantitative estimate of drug-likeness (QED) is 0.792. The van der Waals surface area contributed by atoms with E-state index in [2.05, 4.69) is 15.1 Å². The highest BCUT2D eigenvalue weighted by Crippen LogP contribution is 2.21. The molecule has 0 unspecified atom stereocenters. The zero-order valence-corrected chi connectivity index (χ0v) is 11.3. The van der Waals surface area contributed by atoms with Crippen molar-refractivity contribution in [2.24, 2.45) is 0 Å². The highest BCUT2D eigenvalue weighted by atomic mass is 19.1. The lowest BCUT2D eigenvalue weighted by atomic mass is 10.1. The number of hydrogen-bond acceptors (Lipinski definition) is 5. The summed E-state index contributed by atoms with van der Waals surface area (Å²) in [7, 11) is 0. The number of halogens is 1. The molecule has 1 N–H and O–H groups in total. The average Bonchev–Trinajstić information content (AvgIpc) is 3.09. The lowest BCUT2D eigenvalue weighted by Gasteiger charge is -2.12. The lowest BCUT2D eigenvalue weighted by molar-refractivity contribution is 0.205. The van der Waals surface area contributed by atoms with E-state index in [1.807, 2.05) is 0 Å². The highest BCUT2D eigenvalue weighted by Gasteiger charge is 2.17. The molecule has 2 aromatic heterocycles. The molecule has 7 heteroatoms. The highest BCUT2D eigenvalue weighted by molar-refractivity contribution is 5.23. The summed E-state index contributed by atoms with van der Waals surface area (Å²) in [5.41, 5.74) is 0.563. The van der Waals surface area contributed by atoms with Gasteiger partial charge >= 0.3 is 0 Å². The zero-order chi connectivity index (χ0) is 14.8. The van der Waals surface area contributed by atoms with Gasteiger partial charge in [-0.25, -0.2) is 9.37 Å². The van der Waals surface area contributed by atoms with Gasteiger partial charge in [-0.05, 0) is 17.7 Å². The van der Waals surface area contributed by atoms with Crippen LogP contribution in [0.4, 0.5) is 4.39 Å². The molecular formula is C14H13FN4O2. The van der Waals surface area contributed by atoms with Crippen LogP contribution in [-0.2, 0) is 6.54 Å². The number of rotatable bonds is 4. The monoisotopic (exact) mass is 288 g/mol. The summed E-state index contributed by atoms with van der Waals surface area (Å²) in [5.74, 6) is 1.06. The molecule has 0 bridgehead atoms. The van der Waals surface area contributed by atoms with E-state index in [0.717, 1.165) is 0 Å². The molecule has 0 spiro atoms. The number of aryl methyl sites for hydroxylation is 1. The second-order valence-corrected chi connectivity index (χ2v) is 4.60. The SMILES string of the molecule is Cc1nc(Cn2ccnc2[C@@H](O)c2ccc(F)cc2)no1. The third-order valence-electron chi connectivity index (χ3n) is 3.06. The lowest BCUT2D eigenvalue weighted by Crippen LogP contribution is -2.11. The maximum atomic E-state index is 12.9. The molecule has 0 aliphatic carbocycles. The minimum Gasteiger partial charge on any atom is -0.380 e. The molecule has 0 amide bonds. The standard InChI is InChI=1S/C14H13FN4O2/c1-9-17-12(18-21-9)8-19-7-6-16-14(19)13(20)10-2-4-11(15)5-3-10/h2-7,13,20H,8H2,1H3/t13-/m0/s1. The van der Waals surface area contributed by atoms with Crippen molar-refractivity contribution in [2.45, 2.75) is 19.6 Å². The first-order valence-corrected chi connectivity index (χ1v) is 6.37. The Hall–Kier alpha value is -2.54. The molecular weight excluding hydrogens is 275 g/mol. The molecule has 1 aromatic carbocycles. The number of nitrogens with zero attached hydrogens (tertiary/aromatic N) is 4. The first-order valence-electron chi connectivity index (χ1n) is 6.37. The normalized spacial score (nSPS) is 12.5. The fraction of sp³-hybridized carbons (Fsp3) is 0.214. The van der Waals surface area contributed by atoms with Crippen molar-refractivity contribution in [2.75, 3.05) is 0 Å². The van der Waals surface area contributed by atoms with Crippen LogP contribution in [0.15, 0.2) is 41.2 Å². The molecule has 108 valence electrons. The van der Waals surface area contributed by atoms with Crippen molar-refractivity contribution in [3.8, 4) is 0 Å². The van der Waals surface area contributed by atoms with Gasteiger partial charge in [0, 0.05) is 19.3 Å². The number of aliphatic hydroxyl groups excluding tert-OH is 1. The summed E-state index contributed by atoms with van der Waals surface area (Å²) < 4.78 is 19.6. The van der Waals surface area contributed by atoms with Crippen LogP contribution in [0.3, 0.4) is 0 Å². The molecule has 6 nitrogen and oxygen atoms in total. The van der Waals surface area contributed by atoms with E-state index in [0.29, 0.717) is 29.6 Å². The summed E-state index contributed by atoms with van der Waals surface area (Å²) in [6.07, 6.45) is 2.34. The first-order chi connectivity index (χ1) is 10.1. The molecule has 1 atom stereocenters. The molecule has 0 aliphatic heterocycles. The van der Waals surface area contributed by atoms with Crippen molar-refractivity contribution >= 4 is 0 Å². The van der Waals surface area contributed by atoms with Gasteiger partial charge in [-0.3, -0.25) is 0 Å². The molecule has 0 fully saturated rings. The van der Waals surface area contributed by atoms with Crippen molar-refractivity contribution in [3.63, 3.8) is 0 Å². The second kappa shape index (κ2) is 5.45. The maximum Gasteiger partial charge on any atom is 0.223 e. The fourth-order valence-corrected chi connectivity index (χ4v) is 2.05. The van der Waals surface area contributed by atoms with Crippen LogP contribution in [-0.4, -0.2) is 24.8 Å². The van der Waals surface area contributed by atoms with E-state index in [4.69, 9.17) is 4.52 Å². The minimum absolute atomic E-state index is 0.338. The topological polar surface area (TPSA) is 77.0 Å². The van der Waals surface area contributed by atoms with Gasteiger partial charge < -0.3 is 14.2 Å². The number of aliphatic hydroxyl groups is 1. The Balaban J connectivity index is 1.86. The third kappa shape index (κ3) is 2.82. The van der Waals surface area contributed by atoms with Gasteiger partial charge in [0.15, 0.2) is 5.82 Å². The minimum atomic E-state index is -0.950. The van der Waals surface area contributed by atoms with Gasteiger partial charge in [0.2, 0.25) is 5.89 Å². The van der Waals surface area contributed by atoms with Crippen LogP contribution < -0.4 is 0 Å². The van der Waals surface area contributed by atoms with Crippen LogP contribution in [0.25, 0.3) is 0 Å². The molecule has 0 saturated heterocycles. The van der Waals surface area contributed by atoms with E-state index in [9.17, 15) is 9.50 Å². The Morgan fingerprint density at radius 1 is 1.33 bits per heavy atom. The van der Waals surface area contributed by atoms with Gasteiger partial charge in [0.1, 0.15) is 17.7 Å². The van der Waals surface area contributed by atoms with Crippen LogP contribution >= 0.6 is 0 Å². The van der Waals surface area contributed by atoms with Crippen LogP contribution in [0.1, 0.15) is 29.2 Å². The van der Waals surface area contributed by atoms with E-state index in [-0.39, 0.29) is 5.82 Å². The molecule has 3 rings (SSSR count). The number of aromatic nitrogens is 4. The van der Waals surface area contributed by atoms with Crippen molar-refractivity contribution in [3.05, 3.63) is 65.6 Å². The van der Waals surface area contributed by atoms with E-state index >= 15 is 0 Å². The van der Waals surface area contributed by atoms with Gasteiger partial charge in [-0.2, -0.15) is 4.98 Å². The average molecular weight is 288 g/mol. The Morgan fingerprint density at radius 3 is 2.76 bits per heavy atom. The van der Waals surface area contributed by atoms with Gasteiger partial charge in [-0.1, -0.05) is 17.3 Å². The predicted molar refractivity (Wildman–Crippen MR) is 70.8 cm³/mol. The maximum absolute atomic E-state index is 12.9. The fourth-order valence-electron chi connectivity index (χ4n) is 2.05. The molecule has 2 heterocycles. The Bertz CT molecular complexity index is 736. The van der Waals surface area contributed by atoms with Gasteiger partial charge in [-0.15, -0.1) is 0 Å². The molecule has 0 radical (unpaired) electrons. The number of benzene rings is 1. The van der Waals surface area contributed by atoms with Crippen molar-refractivity contribution in [1.29, 1.82) is 0 Å².